The van der Waals surface area contributed by atoms with Gasteiger partial charge in [0.15, 0.2) is 11.6 Å². The molecule has 82 valence electrons. The zero-order chi connectivity index (χ0) is 11.4. The van der Waals surface area contributed by atoms with Crippen LogP contribution in [0.15, 0.2) is 12.1 Å². The van der Waals surface area contributed by atoms with Gasteiger partial charge in [0, 0.05) is 6.61 Å². The minimum absolute atomic E-state index is 0.0507. The Kier molecular flexibility index (Phi) is 3.62. The number of carbonyl (C=O) groups is 1. The van der Waals surface area contributed by atoms with Gasteiger partial charge in [-0.3, -0.25) is 0 Å². The third-order valence-electron chi connectivity index (χ3n) is 1.98. The van der Waals surface area contributed by atoms with E-state index in [4.69, 9.17) is 15.3 Å². The maximum Gasteiger partial charge on any atom is 0.339 e. The molecule has 4 nitrogen and oxygen atoms in total. The second-order valence-electron chi connectivity index (χ2n) is 3.11. The van der Waals surface area contributed by atoms with Gasteiger partial charge >= 0.3 is 5.97 Å². The Bertz CT molecular complexity index is 376. The van der Waals surface area contributed by atoms with E-state index in [0.29, 0.717) is 18.4 Å². The van der Waals surface area contributed by atoms with Crippen LogP contribution in [-0.4, -0.2) is 27.9 Å². The number of phenols is 1. The molecule has 0 aromatic heterocycles. The van der Waals surface area contributed by atoms with E-state index >= 15 is 0 Å². The average molecular weight is 214 g/mol. The van der Waals surface area contributed by atoms with E-state index in [1.54, 1.807) is 0 Å². The van der Waals surface area contributed by atoms with Crippen LogP contribution in [0, 0.1) is 5.82 Å². The number of aliphatic hydroxyl groups excluding tert-OH is 1. The normalized spacial score (nSPS) is 10.3. The van der Waals surface area contributed by atoms with Gasteiger partial charge in [-0.2, -0.15) is 0 Å². The summed E-state index contributed by atoms with van der Waals surface area (Å²) in [6, 6.07) is 2.27. The van der Waals surface area contributed by atoms with Gasteiger partial charge in [-0.1, -0.05) is 0 Å². The summed E-state index contributed by atoms with van der Waals surface area (Å²) in [5.41, 5.74) is -0.0142. The molecule has 0 saturated carbocycles. The first-order valence-corrected chi connectivity index (χ1v) is 4.41. The Morgan fingerprint density at radius 2 is 2.07 bits per heavy atom. The minimum atomic E-state index is -1.38. The van der Waals surface area contributed by atoms with Crippen molar-refractivity contribution in [3.05, 3.63) is 29.1 Å². The molecule has 5 heteroatoms. The molecule has 0 radical (unpaired) electrons. The van der Waals surface area contributed by atoms with Gasteiger partial charge < -0.3 is 15.3 Å². The highest BCUT2D eigenvalue weighted by molar-refractivity contribution is 5.91. The molecule has 0 atom stereocenters. The van der Waals surface area contributed by atoms with E-state index in [0.717, 1.165) is 6.07 Å². The first-order chi connectivity index (χ1) is 7.06. The molecule has 1 rings (SSSR count). The van der Waals surface area contributed by atoms with Crippen molar-refractivity contribution in [3.8, 4) is 5.75 Å². The number of benzene rings is 1. The summed E-state index contributed by atoms with van der Waals surface area (Å²) in [4.78, 5) is 10.6. The Labute approximate surface area is 85.6 Å². The van der Waals surface area contributed by atoms with E-state index in [-0.39, 0.29) is 6.61 Å². The monoisotopic (exact) mass is 214 g/mol. The molecule has 0 spiro atoms. The lowest BCUT2D eigenvalue weighted by Crippen LogP contribution is -2.01. The Morgan fingerprint density at radius 3 is 2.60 bits per heavy atom. The molecular formula is C10H11FO4. The van der Waals surface area contributed by atoms with Crippen molar-refractivity contribution in [3.63, 3.8) is 0 Å². The largest absolute Gasteiger partial charge is 0.504 e. The van der Waals surface area contributed by atoms with Gasteiger partial charge in [-0.05, 0) is 30.5 Å². The molecule has 0 heterocycles. The van der Waals surface area contributed by atoms with Gasteiger partial charge in [0.1, 0.15) is 5.56 Å². The summed E-state index contributed by atoms with van der Waals surface area (Å²) in [6.07, 6.45) is 0.789. The molecule has 0 amide bonds. The zero-order valence-electron chi connectivity index (χ0n) is 7.90. The maximum atomic E-state index is 13.1. The van der Waals surface area contributed by atoms with Crippen LogP contribution in [0.3, 0.4) is 0 Å². The van der Waals surface area contributed by atoms with Crippen LogP contribution >= 0.6 is 0 Å². The molecule has 0 bridgehead atoms. The number of hydrogen-bond donors (Lipinski definition) is 3. The number of rotatable bonds is 4. The quantitative estimate of drug-likeness (QED) is 0.702. The Balaban J connectivity index is 3.06. The second kappa shape index (κ2) is 4.75. The van der Waals surface area contributed by atoms with Gasteiger partial charge in [0.05, 0.1) is 0 Å². The molecule has 0 aliphatic heterocycles. The standard InChI is InChI=1S/C10H11FO4/c11-8-5-6(2-1-3-12)4-7(9(8)13)10(14)15/h4-5,12-13H,1-3H2,(H,14,15). The summed E-state index contributed by atoms with van der Waals surface area (Å²) in [5.74, 6) is -3.18. The third-order valence-corrected chi connectivity index (χ3v) is 1.98. The van der Waals surface area contributed by atoms with Crippen LogP contribution in [0.2, 0.25) is 0 Å². The van der Waals surface area contributed by atoms with E-state index in [2.05, 4.69) is 0 Å². The van der Waals surface area contributed by atoms with Crippen molar-refractivity contribution in [2.45, 2.75) is 12.8 Å². The summed E-state index contributed by atoms with van der Waals surface area (Å²) in [5, 5.41) is 26.3. The maximum absolute atomic E-state index is 13.1. The van der Waals surface area contributed by atoms with Crippen molar-refractivity contribution in [1.82, 2.24) is 0 Å². The number of halogens is 1. The topological polar surface area (TPSA) is 77.8 Å². The van der Waals surface area contributed by atoms with Crippen molar-refractivity contribution in [2.75, 3.05) is 6.61 Å². The number of carboxylic acids is 1. The number of carboxylic acid groups (broad SMARTS) is 1. The number of aliphatic hydroxyl groups is 1. The fraction of sp³-hybridized carbons (Fsp3) is 0.300. The predicted molar refractivity (Wildman–Crippen MR) is 50.4 cm³/mol. The lowest BCUT2D eigenvalue weighted by Gasteiger charge is -2.05. The summed E-state index contributed by atoms with van der Waals surface area (Å²) in [6.45, 7) is -0.0507. The molecule has 0 aliphatic carbocycles. The SMILES string of the molecule is O=C(O)c1cc(CCCO)cc(F)c1O. The molecule has 0 unspecified atom stereocenters. The lowest BCUT2D eigenvalue weighted by atomic mass is 10.1. The van der Waals surface area contributed by atoms with Crippen molar-refractivity contribution >= 4 is 5.97 Å². The van der Waals surface area contributed by atoms with Crippen LogP contribution in [0.4, 0.5) is 4.39 Å². The van der Waals surface area contributed by atoms with Gasteiger partial charge in [-0.25, -0.2) is 9.18 Å². The van der Waals surface area contributed by atoms with E-state index < -0.39 is 23.1 Å². The molecular weight excluding hydrogens is 203 g/mol. The first kappa shape index (κ1) is 11.5. The van der Waals surface area contributed by atoms with E-state index in [1.165, 1.54) is 6.07 Å². The van der Waals surface area contributed by atoms with Crippen LogP contribution < -0.4 is 0 Å². The fourth-order valence-corrected chi connectivity index (χ4v) is 1.25. The molecule has 0 saturated heterocycles. The molecule has 0 aliphatic rings. The van der Waals surface area contributed by atoms with E-state index in [1.807, 2.05) is 0 Å². The minimum Gasteiger partial charge on any atom is -0.504 e. The highest BCUT2D eigenvalue weighted by atomic mass is 19.1. The second-order valence-corrected chi connectivity index (χ2v) is 3.11. The molecule has 1 aromatic rings. The number of aromatic hydroxyl groups is 1. The van der Waals surface area contributed by atoms with Gasteiger partial charge in [0.2, 0.25) is 0 Å². The summed E-state index contributed by atoms with van der Waals surface area (Å²) >= 11 is 0. The number of aryl methyl sites for hydroxylation is 1. The molecule has 15 heavy (non-hydrogen) atoms. The van der Waals surface area contributed by atoms with Crippen molar-refractivity contribution < 1.29 is 24.5 Å². The lowest BCUT2D eigenvalue weighted by molar-refractivity contribution is 0.0692. The molecule has 3 N–H and O–H groups in total. The average Bonchev–Trinajstić information content (AvgIpc) is 2.19. The first-order valence-electron chi connectivity index (χ1n) is 4.41. The van der Waals surface area contributed by atoms with Crippen LogP contribution in [-0.2, 0) is 6.42 Å². The highest BCUT2D eigenvalue weighted by Crippen LogP contribution is 2.23. The highest BCUT2D eigenvalue weighted by Gasteiger charge is 2.15. The summed E-state index contributed by atoms with van der Waals surface area (Å²) < 4.78 is 13.1. The van der Waals surface area contributed by atoms with Crippen molar-refractivity contribution in [2.24, 2.45) is 0 Å². The predicted octanol–water partition coefficient (Wildman–Crippen LogP) is 1.15. The van der Waals surface area contributed by atoms with E-state index in [9.17, 15) is 9.18 Å². The van der Waals surface area contributed by atoms with Crippen LogP contribution in [0.5, 0.6) is 5.75 Å². The zero-order valence-corrected chi connectivity index (χ0v) is 7.90. The summed E-state index contributed by atoms with van der Waals surface area (Å²) in [7, 11) is 0. The Hall–Kier alpha value is -1.62. The fourth-order valence-electron chi connectivity index (χ4n) is 1.25. The molecule has 0 fully saturated rings. The number of hydrogen-bond acceptors (Lipinski definition) is 3. The van der Waals surface area contributed by atoms with Gasteiger partial charge in [0.25, 0.3) is 0 Å². The van der Waals surface area contributed by atoms with Crippen LogP contribution in [0.25, 0.3) is 0 Å². The van der Waals surface area contributed by atoms with Gasteiger partial charge in [-0.15, -0.1) is 0 Å². The number of aromatic carboxylic acids is 1. The smallest absolute Gasteiger partial charge is 0.339 e. The van der Waals surface area contributed by atoms with Crippen LogP contribution in [0.1, 0.15) is 22.3 Å². The Morgan fingerprint density at radius 1 is 1.40 bits per heavy atom. The van der Waals surface area contributed by atoms with Crippen molar-refractivity contribution in [1.29, 1.82) is 0 Å². The molecule has 1 aromatic carbocycles. The third kappa shape index (κ3) is 2.66.